The van der Waals surface area contributed by atoms with E-state index < -0.39 is 53.4 Å². The number of amides is 2. The van der Waals surface area contributed by atoms with Gasteiger partial charge in [0.1, 0.15) is 35.1 Å². The zero-order valence-corrected chi connectivity index (χ0v) is 46.0. The Morgan fingerprint density at radius 3 is 1.90 bits per heavy atom. The van der Waals surface area contributed by atoms with Gasteiger partial charge in [-0.15, -0.1) is 0 Å². The van der Waals surface area contributed by atoms with Gasteiger partial charge in [0.15, 0.2) is 6.79 Å². The molecule has 16 heteroatoms. The summed E-state index contributed by atoms with van der Waals surface area (Å²) in [6.07, 6.45) is 0.884. The second-order valence-corrected chi connectivity index (χ2v) is 37.5. The predicted molar refractivity (Wildman–Crippen MR) is 283 cm³/mol. The quantitative estimate of drug-likeness (QED) is 0.0312. The number of carbonyl (C=O) groups excluding carboxylic acids is 2. The highest BCUT2D eigenvalue weighted by Gasteiger charge is 2.50. The van der Waals surface area contributed by atoms with E-state index in [2.05, 4.69) is 114 Å². The lowest BCUT2D eigenvalue weighted by Crippen LogP contribution is -2.66. The molecule has 1 N–H and O–H groups in total. The summed E-state index contributed by atoms with van der Waals surface area (Å²) in [6, 6.07) is 32.1. The highest BCUT2D eigenvalue weighted by atomic mass is 28.4. The second-order valence-electron chi connectivity index (χ2n) is 22.0. The number of rotatable bonds is 22. The third-order valence-electron chi connectivity index (χ3n) is 11.6. The summed E-state index contributed by atoms with van der Waals surface area (Å²) in [5, 5.41) is 3.25. The third-order valence-corrected chi connectivity index (χ3v) is 20.0. The van der Waals surface area contributed by atoms with E-state index in [-0.39, 0.29) is 41.9 Å². The molecule has 2 amide bonds. The SMILES string of the molecule is CC(C)(C)OC(=O)NN(CCCCCO[Si](c1ccccc1)(c1ccccc1)C(C)(C)C)C(=O)c1cccc(-c2nc3c(OCOCC[Si](C)(C)C)cccc3n(COCC[Si](C)(C)C)c2=O)c1F. The van der Waals surface area contributed by atoms with Gasteiger partial charge in [0.05, 0.1) is 11.1 Å². The summed E-state index contributed by atoms with van der Waals surface area (Å²) in [5.41, 5.74) is 1.06. The Balaban J connectivity index is 1.43. The van der Waals surface area contributed by atoms with Crippen molar-refractivity contribution in [2.75, 3.05) is 33.2 Å². The molecule has 0 spiro atoms. The Hall–Kier alpha value is -4.98. The molecule has 0 fully saturated rings. The van der Waals surface area contributed by atoms with Gasteiger partial charge in [0, 0.05) is 48.1 Å². The Kier molecular flexibility index (Phi) is 18.9. The average molecular weight is 999 g/mol. The molecule has 0 saturated heterocycles. The fourth-order valence-electron chi connectivity index (χ4n) is 7.91. The molecule has 4 aromatic carbocycles. The number of unbranched alkanes of at least 4 members (excludes halogenated alkanes) is 2. The van der Waals surface area contributed by atoms with Gasteiger partial charge < -0.3 is 23.4 Å². The third kappa shape index (κ3) is 15.3. The molecule has 5 rings (SSSR count). The summed E-state index contributed by atoms with van der Waals surface area (Å²) in [5.74, 6) is -1.45. The number of ether oxygens (including phenoxy) is 4. The molecule has 5 aromatic rings. The lowest BCUT2D eigenvalue weighted by molar-refractivity contribution is 0.0228. The van der Waals surface area contributed by atoms with Crippen LogP contribution in [-0.2, 0) is 25.4 Å². The van der Waals surface area contributed by atoms with Crippen molar-refractivity contribution in [3.63, 3.8) is 0 Å². The summed E-state index contributed by atoms with van der Waals surface area (Å²) < 4.78 is 49.2. The van der Waals surface area contributed by atoms with Gasteiger partial charge in [-0.25, -0.2) is 24.6 Å². The van der Waals surface area contributed by atoms with Crippen LogP contribution in [0.2, 0.25) is 56.4 Å². The first-order valence-electron chi connectivity index (χ1n) is 24.1. The molecule has 0 radical (unpaired) electrons. The summed E-state index contributed by atoms with van der Waals surface area (Å²) >= 11 is 0. The first-order valence-corrected chi connectivity index (χ1v) is 33.4. The number of carbonyl (C=O) groups is 2. The maximum atomic E-state index is 17.1. The van der Waals surface area contributed by atoms with E-state index in [9.17, 15) is 14.4 Å². The van der Waals surface area contributed by atoms with Gasteiger partial charge in [-0.2, -0.15) is 0 Å². The maximum Gasteiger partial charge on any atom is 0.426 e. The standard InChI is InChI=1S/C53H75FN4O8Si3/c1-52(2,3)66-51(61)56-58(32-20-15-21-33-65-69(53(4,5)6,40-24-16-13-17-25-40)41-26-18-14-19-27-41)49(59)43-29-22-28-42(46(43)54)47-50(60)57(38-62-34-36-67(7,8)9)44-30-23-31-45(48(44)55-47)64-39-63-35-37-68(10,11)12/h13-14,16-19,22-31H,15,20-21,32-39H2,1-12H3,(H,56,61). The fourth-order valence-corrected chi connectivity index (χ4v) is 14.0. The Morgan fingerprint density at radius 1 is 0.725 bits per heavy atom. The molecular weight excluding hydrogens is 924 g/mol. The van der Waals surface area contributed by atoms with Crippen molar-refractivity contribution in [2.45, 2.75) is 130 Å². The molecule has 1 aromatic heterocycles. The first kappa shape index (κ1) is 55.0. The highest BCUT2D eigenvalue weighted by molar-refractivity contribution is 6.99. The van der Waals surface area contributed by atoms with Crippen LogP contribution in [-0.4, -0.2) is 89.8 Å². The van der Waals surface area contributed by atoms with E-state index in [1.807, 2.05) is 12.1 Å². The normalized spacial score (nSPS) is 12.5. The zero-order valence-electron chi connectivity index (χ0n) is 43.0. The fraction of sp³-hybridized carbons (Fsp3) is 0.472. The van der Waals surface area contributed by atoms with Gasteiger partial charge in [0.25, 0.3) is 19.8 Å². The lowest BCUT2D eigenvalue weighted by Gasteiger charge is -2.43. The van der Waals surface area contributed by atoms with Crippen molar-refractivity contribution >= 4 is 57.9 Å². The number of hydrogen-bond donors (Lipinski definition) is 1. The molecule has 0 aliphatic rings. The number of para-hydroxylation sites is 1. The van der Waals surface area contributed by atoms with Crippen LogP contribution in [0.25, 0.3) is 22.3 Å². The average Bonchev–Trinajstić information content (AvgIpc) is 3.26. The molecule has 0 unspecified atom stereocenters. The van der Waals surface area contributed by atoms with Gasteiger partial charge in [-0.05, 0) is 91.8 Å². The van der Waals surface area contributed by atoms with Crippen LogP contribution in [0, 0.1) is 5.82 Å². The molecular formula is C53H75FN4O8Si3. The van der Waals surface area contributed by atoms with Crippen molar-refractivity contribution in [2.24, 2.45) is 0 Å². The van der Waals surface area contributed by atoms with Crippen LogP contribution in [0.1, 0.15) is 71.2 Å². The molecule has 69 heavy (non-hydrogen) atoms. The molecule has 1 heterocycles. The minimum atomic E-state index is -2.76. The van der Waals surface area contributed by atoms with Crippen LogP contribution in [0.3, 0.4) is 0 Å². The molecule has 0 bridgehead atoms. The van der Waals surface area contributed by atoms with Crippen LogP contribution in [0.4, 0.5) is 9.18 Å². The van der Waals surface area contributed by atoms with Crippen LogP contribution in [0.15, 0.2) is 102 Å². The Bertz CT molecular complexity index is 2500. The molecule has 0 aliphatic heterocycles. The maximum absolute atomic E-state index is 17.1. The van der Waals surface area contributed by atoms with Crippen LogP contribution in [0.5, 0.6) is 5.75 Å². The number of benzene rings is 4. The first-order chi connectivity index (χ1) is 32.4. The Morgan fingerprint density at radius 2 is 1.32 bits per heavy atom. The highest BCUT2D eigenvalue weighted by Crippen LogP contribution is 2.37. The topological polar surface area (TPSA) is 130 Å². The van der Waals surface area contributed by atoms with Gasteiger partial charge in [0.2, 0.25) is 0 Å². The summed E-state index contributed by atoms with van der Waals surface area (Å²) in [7, 11) is -5.56. The number of hydrazine groups is 1. The molecule has 12 nitrogen and oxygen atoms in total. The number of hydrogen-bond acceptors (Lipinski definition) is 9. The number of aromatic nitrogens is 2. The Labute approximate surface area is 412 Å². The molecule has 0 atom stereocenters. The van der Waals surface area contributed by atoms with E-state index in [0.29, 0.717) is 55.9 Å². The van der Waals surface area contributed by atoms with Crippen molar-refractivity contribution < 1.29 is 37.4 Å². The van der Waals surface area contributed by atoms with Crippen molar-refractivity contribution in [3.8, 4) is 17.0 Å². The van der Waals surface area contributed by atoms with Crippen LogP contribution < -0.4 is 26.1 Å². The van der Waals surface area contributed by atoms with Crippen molar-refractivity contribution in [3.05, 3.63) is 119 Å². The summed E-state index contributed by atoms with van der Waals surface area (Å²) in [6.45, 7) is 26.7. The van der Waals surface area contributed by atoms with E-state index in [1.165, 1.54) is 33.1 Å². The van der Waals surface area contributed by atoms with Crippen LogP contribution >= 0.6 is 0 Å². The second kappa shape index (κ2) is 23.8. The lowest BCUT2D eigenvalue weighted by atomic mass is 10.1. The smallest absolute Gasteiger partial charge is 0.426 e. The van der Waals surface area contributed by atoms with E-state index in [0.717, 1.165) is 17.1 Å². The zero-order chi connectivity index (χ0) is 50.6. The van der Waals surface area contributed by atoms with E-state index in [4.69, 9.17) is 28.4 Å². The van der Waals surface area contributed by atoms with Crippen molar-refractivity contribution in [1.82, 2.24) is 20.0 Å². The minimum Gasteiger partial charge on any atom is -0.465 e. The van der Waals surface area contributed by atoms with Gasteiger partial charge >= 0.3 is 6.09 Å². The molecule has 0 saturated carbocycles. The number of nitrogens with zero attached hydrogens (tertiary/aromatic N) is 3. The predicted octanol–water partition coefficient (Wildman–Crippen LogP) is 10.8. The van der Waals surface area contributed by atoms with Gasteiger partial charge in [-0.1, -0.05) is 133 Å². The molecule has 374 valence electrons. The van der Waals surface area contributed by atoms with E-state index in [1.54, 1.807) is 39.0 Å². The largest absolute Gasteiger partial charge is 0.465 e. The number of fused-ring (bicyclic) bond motifs is 1. The molecule has 0 aliphatic carbocycles. The summed E-state index contributed by atoms with van der Waals surface area (Å²) in [4.78, 5) is 46.9. The number of nitrogens with one attached hydrogen (secondary N) is 1. The van der Waals surface area contributed by atoms with Gasteiger partial charge in [-0.3, -0.25) is 14.2 Å². The van der Waals surface area contributed by atoms with E-state index >= 15 is 4.39 Å². The number of halogens is 1. The van der Waals surface area contributed by atoms with Crippen molar-refractivity contribution in [1.29, 1.82) is 0 Å². The minimum absolute atomic E-state index is 0.0391. The monoisotopic (exact) mass is 998 g/mol.